The highest BCUT2D eigenvalue weighted by Gasteiger charge is 2.18. The Morgan fingerprint density at radius 1 is 1.21 bits per heavy atom. The van der Waals surface area contributed by atoms with Crippen LogP contribution in [0.25, 0.3) is 10.9 Å². The number of fused-ring (bicyclic) bond motifs is 1. The summed E-state index contributed by atoms with van der Waals surface area (Å²) in [5, 5.41) is 1.02. The maximum Gasteiger partial charge on any atom is 0.250 e. The Kier molecular flexibility index (Phi) is 3.69. The summed E-state index contributed by atoms with van der Waals surface area (Å²) in [4.78, 5) is 25.4. The second kappa shape index (κ2) is 5.26. The van der Waals surface area contributed by atoms with Gasteiger partial charge in [-0.15, -0.1) is 0 Å². The third-order valence-corrected chi connectivity index (χ3v) is 3.20. The van der Waals surface area contributed by atoms with Crippen LogP contribution in [0.1, 0.15) is 25.6 Å². The molecular weight excluding hydrogens is 240 g/mol. The van der Waals surface area contributed by atoms with Crippen LogP contribution in [0.2, 0.25) is 0 Å². The molecule has 0 unspecified atom stereocenters. The highest BCUT2D eigenvalue weighted by atomic mass is 16.2. The predicted octanol–water partition coefficient (Wildman–Crippen LogP) is 2.54. The normalized spacial score (nSPS) is 10.9. The van der Waals surface area contributed by atoms with Gasteiger partial charge in [-0.1, -0.05) is 18.2 Å². The lowest BCUT2D eigenvalue weighted by Crippen LogP contribution is -2.40. The summed E-state index contributed by atoms with van der Waals surface area (Å²) in [6, 6.07) is 9.62. The molecule has 0 saturated heterocycles. The van der Waals surface area contributed by atoms with Crippen LogP contribution in [0.15, 0.2) is 36.5 Å². The Morgan fingerprint density at radius 2 is 1.89 bits per heavy atom. The number of carbonyl (C=O) groups excluding carboxylic acids is 2. The average Bonchev–Trinajstić information content (AvgIpc) is 2.78. The minimum absolute atomic E-state index is 0.0169. The van der Waals surface area contributed by atoms with Crippen molar-refractivity contribution >= 4 is 22.7 Å². The molecule has 4 nitrogen and oxygen atoms in total. The summed E-state index contributed by atoms with van der Waals surface area (Å²) in [6.45, 7) is 5.40. The molecule has 0 saturated carbocycles. The number of rotatable bonds is 3. The second-order valence-corrected chi connectivity index (χ2v) is 4.88. The molecule has 0 fully saturated rings. The lowest BCUT2D eigenvalue weighted by Gasteiger charge is -2.24. The van der Waals surface area contributed by atoms with Gasteiger partial charge in [0.05, 0.1) is 5.52 Å². The summed E-state index contributed by atoms with van der Waals surface area (Å²) in [5.74, 6) is -0.176. The molecule has 1 aromatic heterocycles. The monoisotopic (exact) mass is 258 g/mol. The van der Waals surface area contributed by atoms with Crippen LogP contribution in [0.5, 0.6) is 0 Å². The molecule has 0 aliphatic rings. The molecular formula is C15H18N2O2. The smallest absolute Gasteiger partial charge is 0.250 e. The molecule has 0 radical (unpaired) electrons. The molecule has 0 N–H and O–H groups in total. The highest BCUT2D eigenvalue weighted by molar-refractivity contribution is 5.94. The Bertz CT molecular complexity index is 613. The number of nitrogens with zero attached hydrogens (tertiary/aromatic N) is 2. The van der Waals surface area contributed by atoms with Crippen molar-refractivity contribution in [2.45, 2.75) is 26.8 Å². The van der Waals surface area contributed by atoms with Crippen molar-refractivity contribution in [1.29, 1.82) is 0 Å². The van der Waals surface area contributed by atoms with Gasteiger partial charge in [0, 0.05) is 24.5 Å². The lowest BCUT2D eigenvalue weighted by molar-refractivity contribution is -0.130. The quantitative estimate of drug-likeness (QED) is 0.849. The Labute approximate surface area is 112 Å². The molecule has 0 atom stereocenters. The van der Waals surface area contributed by atoms with Gasteiger partial charge in [-0.05, 0) is 26.0 Å². The largest absolute Gasteiger partial charge is 0.331 e. The van der Waals surface area contributed by atoms with E-state index in [9.17, 15) is 9.59 Å². The standard InChI is InChI=1S/C15H18N2O2/c1-11(2)17(12(3)18)10-15(19)16-9-8-13-6-4-5-7-14(13)16/h4-9,11H,10H2,1-3H3. The number of carbonyl (C=O) groups is 2. The van der Waals surface area contributed by atoms with E-state index in [1.165, 1.54) is 6.92 Å². The van der Waals surface area contributed by atoms with Crippen LogP contribution >= 0.6 is 0 Å². The van der Waals surface area contributed by atoms with Crippen LogP contribution in [0.4, 0.5) is 0 Å². The first-order valence-electron chi connectivity index (χ1n) is 6.37. The van der Waals surface area contributed by atoms with Crippen molar-refractivity contribution in [2.24, 2.45) is 0 Å². The molecule has 0 aliphatic heterocycles. The molecule has 100 valence electrons. The van der Waals surface area contributed by atoms with Crippen LogP contribution in [0.3, 0.4) is 0 Å². The van der Waals surface area contributed by atoms with Crippen LogP contribution in [-0.4, -0.2) is 33.9 Å². The van der Waals surface area contributed by atoms with Gasteiger partial charge in [-0.3, -0.25) is 14.2 Å². The van der Waals surface area contributed by atoms with E-state index in [2.05, 4.69) is 0 Å². The first-order chi connectivity index (χ1) is 9.00. The number of hydrogen-bond donors (Lipinski definition) is 0. The minimum atomic E-state index is -0.0925. The molecule has 0 aliphatic carbocycles. The number of benzene rings is 1. The molecule has 2 aromatic rings. The van der Waals surface area contributed by atoms with Gasteiger partial charge in [0.1, 0.15) is 6.54 Å². The van der Waals surface area contributed by atoms with Crippen molar-refractivity contribution in [3.8, 4) is 0 Å². The van der Waals surface area contributed by atoms with Gasteiger partial charge in [0.25, 0.3) is 5.91 Å². The zero-order valence-electron chi connectivity index (χ0n) is 11.5. The van der Waals surface area contributed by atoms with Crippen molar-refractivity contribution in [3.05, 3.63) is 36.5 Å². The fourth-order valence-corrected chi connectivity index (χ4v) is 2.18. The number of aromatic nitrogens is 1. The zero-order chi connectivity index (χ0) is 14.0. The fraction of sp³-hybridized carbons (Fsp3) is 0.333. The molecule has 4 heteroatoms. The average molecular weight is 258 g/mol. The van der Waals surface area contributed by atoms with E-state index >= 15 is 0 Å². The molecule has 1 heterocycles. The van der Waals surface area contributed by atoms with Crippen molar-refractivity contribution < 1.29 is 9.59 Å². The summed E-state index contributed by atoms with van der Waals surface area (Å²) in [5.41, 5.74) is 0.875. The second-order valence-electron chi connectivity index (χ2n) is 4.88. The lowest BCUT2D eigenvalue weighted by atomic mass is 10.2. The molecule has 1 aromatic carbocycles. The van der Waals surface area contributed by atoms with Gasteiger partial charge in [0.15, 0.2) is 0 Å². The molecule has 19 heavy (non-hydrogen) atoms. The first kappa shape index (κ1) is 13.3. The predicted molar refractivity (Wildman–Crippen MR) is 75.1 cm³/mol. The van der Waals surface area contributed by atoms with Gasteiger partial charge < -0.3 is 4.90 Å². The molecule has 0 bridgehead atoms. The summed E-state index contributed by atoms with van der Waals surface area (Å²) < 4.78 is 1.60. The van der Waals surface area contributed by atoms with E-state index in [-0.39, 0.29) is 24.4 Å². The van der Waals surface area contributed by atoms with E-state index in [0.717, 1.165) is 10.9 Å². The topological polar surface area (TPSA) is 42.3 Å². The van der Waals surface area contributed by atoms with Crippen molar-refractivity contribution in [1.82, 2.24) is 9.47 Å². The Balaban J connectivity index is 2.27. The fourth-order valence-electron chi connectivity index (χ4n) is 2.18. The minimum Gasteiger partial charge on any atom is -0.331 e. The van der Waals surface area contributed by atoms with E-state index in [0.29, 0.717) is 0 Å². The third kappa shape index (κ3) is 2.67. The molecule has 2 rings (SSSR count). The Morgan fingerprint density at radius 3 is 2.53 bits per heavy atom. The zero-order valence-corrected chi connectivity index (χ0v) is 11.5. The molecule has 0 spiro atoms. The van der Waals surface area contributed by atoms with Crippen LogP contribution < -0.4 is 0 Å². The molecule has 1 amide bonds. The maximum atomic E-state index is 12.3. The number of hydrogen-bond acceptors (Lipinski definition) is 2. The third-order valence-electron chi connectivity index (χ3n) is 3.20. The summed E-state index contributed by atoms with van der Waals surface area (Å²) >= 11 is 0. The van der Waals surface area contributed by atoms with Crippen molar-refractivity contribution in [2.75, 3.05) is 6.54 Å². The van der Waals surface area contributed by atoms with Gasteiger partial charge in [-0.25, -0.2) is 0 Å². The Hall–Kier alpha value is -2.10. The maximum absolute atomic E-state index is 12.3. The summed E-state index contributed by atoms with van der Waals surface area (Å²) in [6.07, 6.45) is 1.76. The highest BCUT2D eigenvalue weighted by Crippen LogP contribution is 2.15. The first-order valence-corrected chi connectivity index (χ1v) is 6.37. The van der Waals surface area contributed by atoms with Gasteiger partial charge in [0.2, 0.25) is 5.91 Å². The van der Waals surface area contributed by atoms with E-state index in [1.54, 1.807) is 15.7 Å². The van der Waals surface area contributed by atoms with E-state index in [1.807, 2.05) is 44.2 Å². The van der Waals surface area contributed by atoms with Crippen LogP contribution in [0, 0.1) is 0 Å². The number of amides is 1. The van der Waals surface area contributed by atoms with Crippen LogP contribution in [-0.2, 0) is 4.79 Å². The van der Waals surface area contributed by atoms with Crippen molar-refractivity contribution in [3.63, 3.8) is 0 Å². The van der Waals surface area contributed by atoms with E-state index in [4.69, 9.17) is 0 Å². The number of para-hydroxylation sites is 1. The van der Waals surface area contributed by atoms with Gasteiger partial charge >= 0.3 is 0 Å². The van der Waals surface area contributed by atoms with E-state index < -0.39 is 0 Å². The van der Waals surface area contributed by atoms with Gasteiger partial charge in [-0.2, -0.15) is 0 Å². The summed E-state index contributed by atoms with van der Waals surface area (Å²) in [7, 11) is 0. The SMILES string of the molecule is CC(=O)N(CC(=O)n1ccc2ccccc21)C(C)C.